The van der Waals surface area contributed by atoms with Gasteiger partial charge in [0.15, 0.2) is 0 Å². The van der Waals surface area contributed by atoms with Crippen molar-refractivity contribution < 1.29 is 4.79 Å². The number of carbonyl (C=O) groups excluding carboxylic acids is 1. The Bertz CT molecular complexity index is 1450. The van der Waals surface area contributed by atoms with Gasteiger partial charge in [-0.3, -0.25) is 14.2 Å². The third-order valence-electron chi connectivity index (χ3n) is 5.15. The van der Waals surface area contributed by atoms with Crippen molar-refractivity contribution in [3.63, 3.8) is 0 Å². The SMILES string of the molecule is Cc1c(C(=O)N(C)C)sc2c1c(=O)n(-c1ccc(Cl)cc1)c(=O)n2Cc1ccc(Cl)cc1. The first kappa shape index (κ1) is 22.3. The topological polar surface area (TPSA) is 64.3 Å². The van der Waals surface area contributed by atoms with E-state index in [1.807, 2.05) is 12.1 Å². The number of aromatic nitrogens is 2. The lowest BCUT2D eigenvalue weighted by Gasteiger charge is -2.13. The first-order valence-electron chi connectivity index (χ1n) is 9.70. The van der Waals surface area contributed by atoms with E-state index in [1.54, 1.807) is 57.4 Å². The van der Waals surface area contributed by atoms with Gasteiger partial charge in [-0.25, -0.2) is 9.36 Å². The Morgan fingerprint density at radius 1 is 0.969 bits per heavy atom. The van der Waals surface area contributed by atoms with Gasteiger partial charge >= 0.3 is 5.69 Å². The number of benzene rings is 2. The Morgan fingerprint density at radius 2 is 1.53 bits per heavy atom. The summed E-state index contributed by atoms with van der Waals surface area (Å²) < 4.78 is 2.65. The van der Waals surface area contributed by atoms with Crippen LogP contribution in [-0.4, -0.2) is 34.0 Å². The van der Waals surface area contributed by atoms with Gasteiger partial charge in [-0.05, 0) is 54.4 Å². The first-order chi connectivity index (χ1) is 15.2. The van der Waals surface area contributed by atoms with Crippen molar-refractivity contribution in [1.82, 2.24) is 14.0 Å². The fourth-order valence-electron chi connectivity index (χ4n) is 3.48. The summed E-state index contributed by atoms with van der Waals surface area (Å²) in [6, 6.07) is 13.6. The quantitative estimate of drug-likeness (QED) is 0.423. The molecule has 2 aromatic heterocycles. The molecule has 2 heterocycles. The normalized spacial score (nSPS) is 11.2. The Labute approximate surface area is 197 Å². The second-order valence-electron chi connectivity index (χ2n) is 7.55. The Kier molecular flexibility index (Phi) is 5.99. The first-order valence-corrected chi connectivity index (χ1v) is 11.3. The summed E-state index contributed by atoms with van der Waals surface area (Å²) >= 11 is 13.2. The molecule has 32 heavy (non-hydrogen) atoms. The van der Waals surface area contributed by atoms with Crippen molar-refractivity contribution in [2.75, 3.05) is 14.1 Å². The molecule has 9 heteroatoms. The van der Waals surface area contributed by atoms with Gasteiger partial charge in [0.05, 0.1) is 22.5 Å². The van der Waals surface area contributed by atoms with Crippen LogP contribution in [0, 0.1) is 6.92 Å². The molecule has 1 amide bonds. The highest BCUT2D eigenvalue weighted by molar-refractivity contribution is 7.20. The monoisotopic (exact) mass is 487 g/mol. The average molecular weight is 488 g/mol. The minimum atomic E-state index is -0.495. The molecule has 0 spiro atoms. The van der Waals surface area contributed by atoms with E-state index in [9.17, 15) is 14.4 Å². The number of halogens is 2. The Hall–Kier alpha value is -2.87. The van der Waals surface area contributed by atoms with Crippen LogP contribution in [0.4, 0.5) is 0 Å². The van der Waals surface area contributed by atoms with E-state index in [-0.39, 0.29) is 12.5 Å². The molecule has 0 unspecified atom stereocenters. The molecule has 4 rings (SSSR count). The van der Waals surface area contributed by atoms with Crippen LogP contribution in [0.1, 0.15) is 20.8 Å². The van der Waals surface area contributed by atoms with Crippen molar-refractivity contribution >= 4 is 50.7 Å². The molecule has 0 saturated carbocycles. The van der Waals surface area contributed by atoms with Crippen LogP contribution < -0.4 is 11.2 Å². The van der Waals surface area contributed by atoms with Gasteiger partial charge in [-0.1, -0.05) is 35.3 Å². The predicted molar refractivity (Wildman–Crippen MR) is 130 cm³/mol. The fourth-order valence-corrected chi connectivity index (χ4v) is 5.05. The van der Waals surface area contributed by atoms with Crippen molar-refractivity contribution in [3.05, 3.63) is 95.4 Å². The van der Waals surface area contributed by atoms with Gasteiger partial charge in [0, 0.05) is 24.1 Å². The van der Waals surface area contributed by atoms with Gasteiger partial charge < -0.3 is 4.90 Å². The molecule has 2 aromatic carbocycles. The Morgan fingerprint density at radius 3 is 2.09 bits per heavy atom. The van der Waals surface area contributed by atoms with E-state index < -0.39 is 11.2 Å². The molecule has 0 saturated heterocycles. The number of fused-ring (bicyclic) bond motifs is 1. The summed E-state index contributed by atoms with van der Waals surface area (Å²) in [4.78, 5) is 42.1. The number of hydrogen-bond acceptors (Lipinski definition) is 4. The molecule has 164 valence electrons. The molecule has 0 aliphatic heterocycles. The van der Waals surface area contributed by atoms with Gasteiger partial charge in [-0.15, -0.1) is 11.3 Å². The minimum Gasteiger partial charge on any atom is -0.344 e. The maximum atomic E-state index is 13.6. The van der Waals surface area contributed by atoms with E-state index >= 15 is 0 Å². The maximum Gasteiger partial charge on any atom is 0.337 e. The van der Waals surface area contributed by atoms with Crippen LogP contribution in [0.2, 0.25) is 10.0 Å². The van der Waals surface area contributed by atoms with E-state index in [4.69, 9.17) is 23.2 Å². The molecule has 0 bridgehead atoms. The second-order valence-corrected chi connectivity index (χ2v) is 9.42. The van der Waals surface area contributed by atoms with E-state index in [2.05, 4.69) is 0 Å². The van der Waals surface area contributed by atoms with Crippen LogP contribution in [0.25, 0.3) is 15.9 Å². The molecule has 0 atom stereocenters. The lowest BCUT2D eigenvalue weighted by atomic mass is 10.2. The molecule has 6 nitrogen and oxygen atoms in total. The molecule has 0 radical (unpaired) electrons. The maximum absolute atomic E-state index is 13.6. The number of amides is 1. The van der Waals surface area contributed by atoms with E-state index in [1.165, 1.54) is 9.47 Å². The third-order valence-corrected chi connectivity index (χ3v) is 6.96. The smallest absolute Gasteiger partial charge is 0.337 e. The van der Waals surface area contributed by atoms with E-state index in [0.717, 1.165) is 21.5 Å². The second kappa shape index (κ2) is 8.58. The molecule has 0 N–H and O–H groups in total. The molecular weight excluding hydrogens is 469 g/mol. The molecule has 0 fully saturated rings. The number of nitrogens with zero attached hydrogens (tertiary/aromatic N) is 3. The van der Waals surface area contributed by atoms with Crippen LogP contribution in [0.5, 0.6) is 0 Å². The highest BCUT2D eigenvalue weighted by Crippen LogP contribution is 2.29. The summed E-state index contributed by atoms with van der Waals surface area (Å²) in [6.45, 7) is 1.95. The molecular formula is C23H19Cl2N3O3S. The number of rotatable bonds is 4. The number of thiophene rings is 1. The number of aryl methyl sites for hydroxylation is 1. The summed E-state index contributed by atoms with van der Waals surface area (Å²) in [5.74, 6) is -0.216. The largest absolute Gasteiger partial charge is 0.344 e. The third kappa shape index (κ3) is 3.88. The van der Waals surface area contributed by atoms with Crippen LogP contribution in [0.3, 0.4) is 0 Å². The summed E-state index contributed by atoms with van der Waals surface area (Å²) in [7, 11) is 3.30. The van der Waals surface area contributed by atoms with Crippen LogP contribution in [-0.2, 0) is 6.54 Å². The Balaban J connectivity index is 2.06. The highest BCUT2D eigenvalue weighted by atomic mass is 35.5. The molecule has 0 aliphatic carbocycles. The predicted octanol–water partition coefficient (Wildman–Crippen LogP) is 4.58. The van der Waals surface area contributed by atoms with Crippen LogP contribution >= 0.6 is 34.5 Å². The molecule has 0 aliphatic rings. The lowest BCUT2D eigenvalue weighted by Crippen LogP contribution is -2.38. The van der Waals surface area contributed by atoms with Crippen LogP contribution in [0.15, 0.2) is 58.1 Å². The summed E-state index contributed by atoms with van der Waals surface area (Å²) in [5.41, 5.74) is 0.838. The zero-order valence-electron chi connectivity index (χ0n) is 17.6. The summed E-state index contributed by atoms with van der Waals surface area (Å²) in [6.07, 6.45) is 0. The number of carbonyl (C=O) groups is 1. The average Bonchev–Trinajstić information content (AvgIpc) is 3.10. The van der Waals surface area contributed by atoms with Crippen molar-refractivity contribution in [1.29, 1.82) is 0 Å². The van der Waals surface area contributed by atoms with Crippen molar-refractivity contribution in [3.8, 4) is 5.69 Å². The zero-order valence-corrected chi connectivity index (χ0v) is 19.9. The van der Waals surface area contributed by atoms with Gasteiger partial charge in [0.1, 0.15) is 4.83 Å². The van der Waals surface area contributed by atoms with Gasteiger partial charge in [0.2, 0.25) is 0 Å². The standard InChI is InChI=1S/C23H19Cl2N3O3S/c1-13-18-20(29)28(17-10-8-16(25)9-11-17)23(31)27(12-14-4-6-15(24)7-5-14)22(18)32-19(13)21(30)26(2)3/h4-11H,12H2,1-3H3. The van der Waals surface area contributed by atoms with Gasteiger partial charge in [-0.2, -0.15) is 0 Å². The fraction of sp³-hybridized carbons (Fsp3) is 0.174. The molecule has 4 aromatic rings. The lowest BCUT2D eigenvalue weighted by molar-refractivity contribution is 0.0831. The zero-order chi connectivity index (χ0) is 23.2. The van der Waals surface area contributed by atoms with Crippen molar-refractivity contribution in [2.24, 2.45) is 0 Å². The highest BCUT2D eigenvalue weighted by Gasteiger charge is 2.24. The minimum absolute atomic E-state index is 0.216. The number of hydrogen-bond donors (Lipinski definition) is 0. The summed E-state index contributed by atoms with van der Waals surface area (Å²) in [5, 5.41) is 1.43. The van der Waals surface area contributed by atoms with Crippen molar-refractivity contribution in [2.45, 2.75) is 13.5 Å². The van der Waals surface area contributed by atoms with Gasteiger partial charge in [0.25, 0.3) is 11.5 Å². The van der Waals surface area contributed by atoms with E-state index in [0.29, 0.717) is 36.4 Å².